The molecule has 6 heteroatoms. The quantitative estimate of drug-likeness (QED) is 0.159. The number of thioether (sulfide) groups is 1. The third-order valence-corrected chi connectivity index (χ3v) is 5.96. The molecular weight excluding hydrogens is 398 g/mol. The number of aliphatic imine (C=N–C) groups is 1. The van der Waals surface area contributed by atoms with Gasteiger partial charge < -0.3 is 14.2 Å². The Labute approximate surface area is 182 Å². The van der Waals surface area contributed by atoms with Crippen molar-refractivity contribution in [1.29, 1.82) is 0 Å². The fourth-order valence-corrected chi connectivity index (χ4v) is 4.39. The molecule has 1 fully saturated rings. The van der Waals surface area contributed by atoms with Gasteiger partial charge >= 0.3 is 5.97 Å². The van der Waals surface area contributed by atoms with Crippen molar-refractivity contribution in [3.8, 4) is 5.75 Å². The van der Waals surface area contributed by atoms with E-state index in [1.807, 2.05) is 54.9 Å². The van der Waals surface area contributed by atoms with Crippen molar-refractivity contribution in [3.63, 3.8) is 0 Å². The van der Waals surface area contributed by atoms with E-state index in [0.29, 0.717) is 18.1 Å². The summed E-state index contributed by atoms with van der Waals surface area (Å²) >= 11 is 1.68. The Kier molecular flexibility index (Phi) is 7.97. The molecule has 2 aromatic rings. The number of ether oxygens (including phenoxy) is 3. The van der Waals surface area contributed by atoms with Gasteiger partial charge in [0.25, 0.3) is 0 Å². The van der Waals surface area contributed by atoms with Crippen molar-refractivity contribution in [2.24, 2.45) is 10.9 Å². The molecule has 2 aromatic carbocycles. The van der Waals surface area contributed by atoms with Crippen molar-refractivity contribution in [2.75, 3.05) is 20.8 Å². The maximum absolute atomic E-state index is 12.3. The average Bonchev–Trinajstić information content (AvgIpc) is 3.61. The highest BCUT2D eigenvalue weighted by atomic mass is 32.2. The standard InChI is InChI=1S/C24H27NO4S/c1-4-29-19-13-11-18(12-14-19)25-16-30-23(17-9-10-17)21-8-6-5-7-20(21)22(15-27-2)24(26)28-3/h5-8,11-17,23H,4,9-10H2,1-3H3. The molecule has 0 saturated heterocycles. The highest BCUT2D eigenvalue weighted by Crippen LogP contribution is 2.50. The summed E-state index contributed by atoms with van der Waals surface area (Å²) in [6, 6.07) is 15.7. The molecule has 0 heterocycles. The van der Waals surface area contributed by atoms with Crippen LogP contribution in [0.15, 0.2) is 59.8 Å². The van der Waals surface area contributed by atoms with E-state index in [-0.39, 0.29) is 5.25 Å². The van der Waals surface area contributed by atoms with E-state index in [4.69, 9.17) is 14.2 Å². The van der Waals surface area contributed by atoms with Gasteiger partial charge in [0.2, 0.25) is 0 Å². The summed E-state index contributed by atoms with van der Waals surface area (Å²) in [6.45, 7) is 2.61. The number of carbonyl (C=O) groups excluding carboxylic acids is 1. The van der Waals surface area contributed by atoms with Crippen LogP contribution >= 0.6 is 11.8 Å². The smallest absolute Gasteiger partial charge is 0.341 e. The minimum Gasteiger partial charge on any atom is -0.503 e. The zero-order chi connectivity index (χ0) is 21.3. The summed E-state index contributed by atoms with van der Waals surface area (Å²) in [6.07, 6.45) is 3.79. The van der Waals surface area contributed by atoms with E-state index in [9.17, 15) is 4.79 Å². The van der Waals surface area contributed by atoms with Crippen molar-refractivity contribution in [2.45, 2.75) is 25.0 Å². The van der Waals surface area contributed by atoms with E-state index in [0.717, 1.165) is 22.6 Å². The monoisotopic (exact) mass is 425 g/mol. The Bertz CT molecular complexity index is 904. The molecule has 1 aliphatic rings. The van der Waals surface area contributed by atoms with E-state index < -0.39 is 5.97 Å². The molecule has 0 bridgehead atoms. The van der Waals surface area contributed by atoms with Gasteiger partial charge in [-0.25, -0.2) is 4.79 Å². The minimum absolute atomic E-state index is 0.206. The van der Waals surface area contributed by atoms with E-state index in [2.05, 4.69) is 11.1 Å². The number of hydrogen-bond donors (Lipinski definition) is 0. The molecule has 0 radical (unpaired) electrons. The first kappa shape index (κ1) is 22.0. The largest absolute Gasteiger partial charge is 0.503 e. The molecule has 0 aliphatic heterocycles. The minimum atomic E-state index is -0.410. The second kappa shape index (κ2) is 10.9. The van der Waals surface area contributed by atoms with Crippen molar-refractivity contribution in [1.82, 2.24) is 0 Å². The van der Waals surface area contributed by atoms with Crippen molar-refractivity contribution < 1.29 is 19.0 Å². The lowest BCUT2D eigenvalue weighted by molar-refractivity contribution is -0.133. The van der Waals surface area contributed by atoms with Gasteiger partial charge in [-0.15, -0.1) is 11.8 Å². The average molecular weight is 426 g/mol. The molecule has 0 aromatic heterocycles. The summed E-state index contributed by atoms with van der Waals surface area (Å²) in [5.74, 6) is 0.991. The molecule has 0 N–H and O–H groups in total. The molecule has 1 saturated carbocycles. The predicted molar refractivity (Wildman–Crippen MR) is 122 cm³/mol. The first-order valence-electron chi connectivity index (χ1n) is 9.99. The molecule has 30 heavy (non-hydrogen) atoms. The van der Waals surface area contributed by atoms with Crippen molar-refractivity contribution >= 4 is 34.5 Å². The Balaban J connectivity index is 1.82. The first-order valence-corrected chi connectivity index (χ1v) is 10.9. The van der Waals surface area contributed by atoms with Crippen LogP contribution in [0.3, 0.4) is 0 Å². The van der Waals surface area contributed by atoms with Crippen molar-refractivity contribution in [3.05, 3.63) is 65.9 Å². The fraction of sp³-hybridized carbons (Fsp3) is 0.333. The van der Waals surface area contributed by atoms with Crippen LogP contribution in [0, 0.1) is 5.92 Å². The van der Waals surface area contributed by atoms with Gasteiger partial charge in [0.15, 0.2) is 0 Å². The van der Waals surface area contributed by atoms with E-state index in [1.165, 1.54) is 33.3 Å². The Morgan fingerprint density at radius 3 is 2.53 bits per heavy atom. The normalized spacial score (nSPS) is 15.1. The predicted octanol–water partition coefficient (Wildman–Crippen LogP) is 5.79. The van der Waals surface area contributed by atoms with E-state index >= 15 is 0 Å². The lowest BCUT2D eigenvalue weighted by Gasteiger charge is -2.19. The van der Waals surface area contributed by atoms with Crippen LogP contribution in [0.25, 0.3) is 5.57 Å². The molecule has 158 valence electrons. The Morgan fingerprint density at radius 1 is 1.17 bits per heavy atom. The lowest BCUT2D eigenvalue weighted by atomic mass is 9.96. The number of methoxy groups -OCH3 is 2. The van der Waals surface area contributed by atoms with Gasteiger partial charge in [-0.2, -0.15) is 0 Å². The van der Waals surface area contributed by atoms with Crippen LogP contribution < -0.4 is 4.74 Å². The molecule has 3 rings (SSSR count). The van der Waals surface area contributed by atoms with Crippen LogP contribution in [0.2, 0.25) is 0 Å². The van der Waals surface area contributed by atoms with E-state index in [1.54, 1.807) is 11.8 Å². The number of rotatable bonds is 10. The number of hydrogen-bond acceptors (Lipinski definition) is 6. The third-order valence-electron chi connectivity index (χ3n) is 4.81. The summed E-state index contributed by atoms with van der Waals surface area (Å²) in [7, 11) is 2.91. The number of benzene rings is 2. The van der Waals surface area contributed by atoms with Gasteiger partial charge in [-0.05, 0) is 61.1 Å². The second-order valence-electron chi connectivity index (χ2n) is 6.90. The first-order chi connectivity index (χ1) is 14.7. The summed E-state index contributed by atoms with van der Waals surface area (Å²) in [5.41, 5.74) is 5.13. The number of esters is 1. The van der Waals surface area contributed by atoms with Crippen LogP contribution in [0.1, 0.15) is 36.1 Å². The molecule has 1 aliphatic carbocycles. The molecular formula is C24H27NO4S. The van der Waals surface area contributed by atoms with Gasteiger partial charge in [0, 0.05) is 5.25 Å². The molecule has 0 spiro atoms. The van der Waals surface area contributed by atoms with Gasteiger partial charge in [-0.3, -0.25) is 4.99 Å². The molecule has 1 unspecified atom stereocenters. The Morgan fingerprint density at radius 2 is 1.90 bits per heavy atom. The molecule has 5 nitrogen and oxygen atoms in total. The number of nitrogens with zero attached hydrogens (tertiary/aromatic N) is 1. The van der Waals surface area contributed by atoms with Crippen LogP contribution in [-0.4, -0.2) is 32.3 Å². The number of carbonyl (C=O) groups is 1. The summed E-state index contributed by atoms with van der Waals surface area (Å²) < 4.78 is 15.6. The van der Waals surface area contributed by atoms with Gasteiger partial charge in [-0.1, -0.05) is 24.3 Å². The highest BCUT2D eigenvalue weighted by Gasteiger charge is 2.34. The highest BCUT2D eigenvalue weighted by molar-refractivity contribution is 8.12. The van der Waals surface area contributed by atoms with Gasteiger partial charge in [0.1, 0.15) is 11.3 Å². The van der Waals surface area contributed by atoms with Gasteiger partial charge in [0.05, 0.1) is 38.3 Å². The fourth-order valence-electron chi connectivity index (χ4n) is 3.23. The molecule has 1 atom stereocenters. The van der Waals surface area contributed by atoms with Crippen LogP contribution in [-0.2, 0) is 14.3 Å². The second-order valence-corrected chi connectivity index (χ2v) is 7.89. The van der Waals surface area contributed by atoms with Crippen LogP contribution in [0.4, 0.5) is 5.69 Å². The maximum atomic E-state index is 12.3. The summed E-state index contributed by atoms with van der Waals surface area (Å²) in [5, 5.41) is 0.206. The summed E-state index contributed by atoms with van der Waals surface area (Å²) in [4.78, 5) is 16.9. The topological polar surface area (TPSA) is 57.1 Å². The SMILES string of the molecule is CCOc1ccc(N=CSC(c2ccccc2C(=COC)C(=O)OC)C2CC2)cc1. The lowest BCUT2D eigenvalue weighted by Crippen LogP contribution is -2.09. The molecule has 0 amide bonds. The van der Waals surface area contributed by atoms with Crippen LogP contribution in [0.5, 0.6) is 5.75 Å². The Hall–Kier alpha value is -2.73. The zero-order valence-electron chi connectivity index (χ0n) is 17.5. The maximum Gasteiger partial charge on any atom is 0.341 e. The third kappa shape index (κ3) is 5.66. The zero-order valence-corrected chi connectivity index (χ0v) is 18.4.